The van der Waals surface area contributed by atoms with Gasteiger partial charge in [-0.1, -0.05) is 22.4 Å². The normalized spacial score (nSPS) is 18.3. The zero-order valence-electron chi connectivity index (χ0n) is 9.80. The molecule has 0 aromatic rings. The summed E-state index contributed by atoms with van der Waals surface area (Å²) in [4.78, 5) is 0. The first kappa shape index (κ1) is 15.4. The zero-order chi connectivity index (χ0) is 13.1. The summed E-state index contributed by atoms with van der Waals surface area (Å²) in [5.74, 6) is -0.615. The van der Waals surface area contributed by atoms with E-state index < -0.39 is 19.9 Å². The topological polar surface area (TPSA) is 71.5 Å². The number of halogens is 1. The first-order valence-corrected chi connectivity index (χ1v) is 10.3. The highest BCUT2D eigenvalue weighted by molar-refractivity contribution is 9.09. The van der Waals surface area contributed by atoms with Crippen molar-refractivity contribution in [3.8, 4) is 0 Å². The van der Waals surface area contributed by atoms with Crippen molar-refractivity contribution < 1.29 is 16.8 Å². The summed E-state index contributed by atoms with van der Waals surface area (Å²) in [6, 6.07) is 0.0668. The van der Waals surface area contributed by atoms with E-state index in [9.17, 15) is 16.8 Å². The molecule has 17 heavy (non-hydrogen) atoms. The van der Waals surface area contributed by atoms with Crippen molar-refractivity contribution in [3.63, 3.8) is 0 Å². The summed E-state index contributed by atoms with van der Waals surface area (Å²) in [6.45, 7) is 0.413. The minimum absolute atomic E-state index is 0.0668. The van der Waals surface area contributed by atoms with E-state index in [1.165, 1.54) is 4.31 Å². The first-order valence-electron chi connectivity index (χ1n) is 5.49. The molecule has 0 bridgehead atoms. The average Bonchev–Trinajstić information content (AvgIpc) is 2.10. The second kappa shape index (κ2) is 5.99. The molecule has 0 unspecified atom stereocenters. The molecule has 0 aromatic carbocycles. The molecule has 0 N–H and O–H groups in total. The lowest BCUT2D eigenvalue weighted by Gasteiger charge is -2.36. The van der Waals surface area contributed by atoms with Crippen LogP contribution in [-0.2, 0) is 19.9 Å². The van der Waals surface area contributed by atoms with Gasteiger partial charge in [0.2, 0.25) is 10.0 Å². The quantitative estimate of drug-likeness (QED) is 0.632. The molecule has 8 heteroatoms. The van der Waals surface area contributed by atoms with Crippen molar-refractivity contribution in [1.82, 2.24) is 4.31 Å². The van der Waals surface area contributed by atoms with Crippen LogP contribution in [0.1, 0.15) is 19.3 Å². The smallest absolute Gasteiger partial charge is 0.215 e. The lowest BCUT2D eigenvalue weighted by molar-refractivity contribution is 0.228. The number of hydrogen-bond donors (Lipinski definition) is 0. The standard InChI is InChI=1S/C9H18BrNO4S2/c1-16(12,13)7-8-17(14,15)11(6-5-10)9-3-2-4-9/h9H,2-8H2,1H3. The first-order chi connectivity index (χ1) is 7.76. The lowest BCUT2D eigenvalue weighted by atomic mass is 9.93. The van der Waals surface area contributed by atoms with Gasteiger partial charge >= 0.3 is 0 Å². The number of sulfone groups is 1. The van der Waals surface area contributed by atoms with Crippen molar-refractivity contribution in [2.45, 2.75) is 25.3 Å². The molecule has 0 heterocycles. The van der Waals surface area contributed by atoms with Crippen LogP contribution in [-0.4, -0.2) is 56.8 Å². The molecule has 0 saturated heterocycles. The number of alkyl halides is 1. The van der Waals surface area contributed by atoms with E-state index in [0.717, 1.165) is 25.5 Å². The van der Waals surface area contributed by atoms with Crippen LogP contribution in [0.3, 0.4) is 0 Å². The zero-order valence-corrected chi connectivity index (χ0v) is 13.0. The SMILES string of the molecule is CS(=O)(=O)CCS(=O)(=O)N(CCBr)C1CCC1. The van der Waals surface area contributed by atoms with E-state index in [1.807, 2.05) is 0 Å². The molecule has 1 saturated carbocycles. The van der Waals surface area contributed by atoms with Crippen molar-refractivity contribution >= 4 is 35.8 Å². The van der Waals surface area contributed by atoms with Crippen molar-refractivity contribution in [1.29, 1.82) is 0 Å². The van der Waals surface area contributed by atoms with Crippen molar-refractivity contribution in [2.24, 2.45) is 0 Å². The summed E-state index contributed by atoms with van der Waals surface area (Å²) in [7, 11) is -6.69. The Morgan fingerprint density at radius 3 is 2.12 bits per heavy atom. The van der Waals surface area contributed by atoms with Crippen molar-refractivity contribution in [2.75, 3.05) is 29.6 Å². The predicted octanol–water partition coefficient (Wildman–Crippen LogP) is 0.610. The summed E-state index contributed by atoms with van der Waals surface area (Å²) >= 11 is 3.23. The van der Waals surface area contributed by atoms with E-state index in [2.05, 4.69) is 15.9 Å². The molecule has 1 fully saturated rings. The third kappa shape index (κ3) is 4.84. The Labute approximate surface area is 112 Å². The fraction of sp³-hybridized carbons (Fsp3) is 1.00. The van der Waals surface area contributed by atoms with Gasteiger partial charge in [-0.3, -0.25) is 0 Å². The molecule has 1 aliphatic rings. The fourth-order valence-corrected chi connectivity index (χ4v) is 5.62. The average molecular weight is 348 g/mol. The number of rotatable bonds is 7. The van der Waals surface area contributed by atoms with E-state index in [-0.39, 0.29) is 17.5 Å². The molecule has 1 rings (SSSR count). The Balaban J connectivity index is 2.70. The van der Waals surface area contributed by atoms with Gasteiger partial charge in [0.15, 0.2) is 0 Å². The summed E-state index contributed by atoms with van der Waals surface area (Å²) in [5, 5.41) is 0.571. The largest absolute Gasteiger partial charge is 0.229 e. The molecule has 0 amide bonds. The highest BCUT2D eigenvalue weighted by atomic mass is 79.9. The summed E-state index contributed by atoms with van der Waals surface area (Å²) in [6.07, 6.45) is 3.86. The van der Waals surface area contributed by atoms with Crippen LogP contribution >= 0.6 is 15.9 Å². The minimum Gasteiger partial charge on any atom is -0.229 e. The molecule has 0 aliphatic heterocycles. The van der Waals surface area contributed by atoms with Crippen LogP contribution in [0.15, 0.2) is 0 Å². The van der Waals surface area contributed by atoms with Crippen LogP contribution in [0.4, 0.5) is 0 Å². The summed E-state index contributed by atoms with van der Waals surface area (Å²) in [5.41, 5.74) is 0. The van der Waals surface area contributed by atoms with Gasteiger partial charge in [0, 0.05) is 24.2 Å². The van der Waals surface area contributed by atoms with Gasteiger partial charge in [0.05, 0.1) is 11.5 Å². The molecule has 0 atom stereocenters. The van der Waals surface area contributed by atoms with Crippen molar-refractivity contribution in [3.05, 3.63) is 0 Å². The van der Waals surface area contributed by atoms with E-state index in [4.69, 9.17) is 0 Å². The molecule has 0 aromatic heterocycles. The predicted molar refractivity (Wildman–Crippen MR) is 71.6 cm³/mol. The highest BCUT2D eigenvalue weighted by Crippen LogP contribution is 2.27. The van der Waals surface area contributed by atoms with Crippen LogP contribution in [0, 0.1) is 0 Å². The maximum Gasteiger partial charge on any atom is 0.215 e. The van der Waals surface area contributed by atoms with E-state index >= 15 is 0 Å². The summed E-state index contributed by atoms with van der Waals surface area (Å²) < 4.78 is 47.6. The maximum absolute atomic E-state index is 12.0. The number of sulfonamides is 1. The highest BCUT2D eigenvalue weighted by Gasteiger charge is 2.33. The van der Waals surface area contributed by atoms with Gasteiger partial charge in [-0.25, -0.2) is 16.8 Å². The van der Waals surface area contributed by atoms with Crippen LogP contribution in [0.25, 0.3) is 0 Å². The second-order valence-electron chi connectivity index (χ2n) is 4.33. The molecule has 1 aliphatic carbocycles. The Kier molecular flexibility index (Phi) is 5.42. The fourth-order valence-electron chi connectivity index (χ4n) is 1.68. The van der Waals surface area contributed by atoms with Crippen LogP contribution < -0.4 is 0 Å². The monoisotopic (exact) mass is 347 g/mol. The van der Waals surface area contributed by atoms with Crippen LogP contribution in [0.2, 0.25) is 0 Å². The van der Waals surface area contributed by atoms with E-state index in [1.54, 1.807) is 0 Å². The Morgan fingerprint density at radius 1 is 1.18 bits per heavy atom. The molecule has 0 radical (unpaired) electrons. The second-order valence-corrected chi connectivity index (χ2v) is 9.42. The molecular weight excluding hydrogens is 330 g/mol. The van der Waals surface area contributed by atoms with Crippen LogP contribution in [0.5, 0.6) is 0 Å². The molecular formula is C9H18BrNO4S2. The third-order valence-electron chi connectivity index (χ3n) is 2.86. The molecule has 0 spiro atoms. The van der Waals surface area contributed by atoms with Gasteiger partial charge in [-0.2, -0.15) is 4.31 Å². The van der Waals surface area contributed by atoms with Gasteiger partial charge < -0.3 is 0 Å². The van der Waals surface area contributed by atoms with E-state index in [0.29, 0.717) is 11.9 Å². The third-order valence-corrected chi connectivity index (χ3v) is 6.33. The Hall–Kier alpha value is 0.340. The Morgan fingerprint density at radius 2 is 1.76 bits per heavy atom. The minimum atomic E-state index is -3.45. The van der Waals surface area contributed by atoms with Gasteiger partial charge in [0.25, 0.3) is 0 Å². The molecule has 5 nitrogen and oxygen atoms in total. The Bertz CT molecular complexity index is 442. The van der Waals surface area contributed by atoms with Gasteiger partial charge in [-0.15, -0.1) is 0 Å². The maximum atomic E-state index is 12.0. The number of nitrogens with zero attached hydrogens (tertiary/aromatic N) is 1. The van der Waals surface area contributed by atoms with Gasteiger partial charge in [0.1, 0.15) is 9.84 Å². The number of hydrogen-bond acceptors (Lipinski definition) is 4. The molecule has 102 valence electrons. The lowest BCUT2D eigenvalue weighted by Crippen LogP contribution is -2.46. The van der Waals surface area contributed by atoms with Gasteiger partial charge in [-0.05, 0) is 12.8 Å².